The highest BCUT2D eigenvalue weighted by Gasteiger charge is 2.28. The number of oxazole rings is 1. The molecule has 1 aromatic rings. The Balaban J connectivity index is 2.09. The number of hydrogen-bond acceptors (Lipinski definition) is 4. The van der Waals surface area contributed by atoms with Gasteiger partial charge in [-0.1, -0.05) is 6.92 Å². The summed E-state index contributed by atoms with van der Waals surface area (Å²) in [4.78, 5) is 17.0. The van der Waals surface area contributed by atoms with Crippen molar-refractivity contribution in [3.8, 4) is 0 Å². The minimum absolute atomic E-state index is 0.0914. The van der Waals surface area contributed by atoms with Crippen LogP contribution in [0.25, 0.3) is 0 Å². The van der Waals surface area contributed by atoms with E-state index in [1.165, 1.54) is 6.20 Å². The first-order valence-corrected chi connectivity index (χ1v) is 5.61. The van der Waals surface area contributed by atoms with Gasteiger partial charge in [-0.05, 0) is 25.9 Å². The van der Waals surface area contributed by atoms with Gasteiger partial charge in [0, 0.05) is 0 Å². The molecule has 5 nitrogen and oxygen atoms in total. The molecule has 0 saturated carbocycles. The van der Waals surface area contributed by atoms with Crippen molar-refractivity contribution in [2.75, 3.05) is 13.1 Å². The Hall–Kier alpha value is -1.36. The second kappa shape index (κ2) is 4.65. The van der Waals surface area contributed by atoms with Crippen LogP contribution in [-0.4, -0.2) is 34.0 Å². The lowest BCUT2D eigenvalue weighted by Crippen LogP contribution is -2.22. The third kappa shape index (κ3) is 2.24. The van der Waals surface area contributed by atoms with Crippen molar-refractivity contribution in [2.24, 2.45) is 0 Å². The van der Waals surface area contributed by atoms with Gasteiger partial charge in [0.2, 0.25) is 5.89 Å². The van der Waals surface area contributed by atoms with Gasteiger partial charge >= 0.3 is 5.97 Å². The lowest BCUT2D eigenvalue weighted by atomic mass is 10.2. The van der Waals surface area contributed by atoms with Crippen LogP contribution < -0.4 is 0 Å². The lowest BCUT2D eigenvalue weighted by Gasteiger charge is -2.19. The summed E-state index contributed by atoms with van der Waals surface area (Å²) in [6.45, 7) is 4.15. The molecule has 0 spiro atoms. The van der Waals surface area contributed by atoms with Gasteiger partial charge in [-0.15, -0.1) is 0 Å². The van der Waals surface area contributed by atoms with E-state index in [2.05, 4.69) is 16.8 Å². The molecule has 2 heterocycles. The van der Waals surface area contributed by atoms with Crippen molar-refractivity contribution in [1.82, 2.24) is 9.88 Å². The summed E-state index contributed by atoms with van der Waals surface area (Å²) in [6.07, 6.45) is 3.62. The Morgan fingerprint density at radius 2 is 2.56 bits per heavy atom. The molecule has 1 atom stereocenters. The van der Waals surface area contributed by atoms with Crippen molar-refractivity contribution in [3.63, 3.8) is 0 Å². The summed E-state index contributed by atoms with van der Waals surface area (Å²) in [5.74, 6) is 0.211. The van der Waals surface area contributed by atoms with E-state index < -0.39 is 5.97 Å². The molecule has 0 amide bonds. The second-order valence-corrected chi connectivity index (χ2v) is 4.02. The van der Waals surface area contributed by atoms with Crippen molar-refractivity contribution in [2.45, 2.75) is 32.2 Å². The predicted molar refractivity (Wildman–Crippen MR) is 57.1 cm³/mol. The smallest absolute Gasteiger partial charge is 0.311 e. The highest BCUT2D eigenvalue weighted by Crippen LogP contribution is 2.30. The molecular weight excluding hydrogens is 208 g/mol. The molecule has 0 aliphatic carbocycles. The third-order valence-corrected chi connectivity index (χ3v) is 2.95. The van der Waals surface area contributed by atoms with Crippen molar-refractivity contribution < 1.29 is 14.3 Å². The first-order valence-electron chi connectivity index (χ1n) is 5.61. The minimum Gasteiger partial charge on any atom is -0.481 e. The maximum atomic E-state index is 10.5. The van der Waals surface area contributed by atoms with E-state index in [4.69, 9.17) is 9.52 Å². The van der Waals surface area contributed by atoms with E-state index in [1.807, 2.05) is 0 Å². The number of aliphatic carboxylic acids is 1. The van der Waals surface area contributed by atoms with Crippen LogP contribution in [0.15, 0.2) is 10.6 Å². The maximum Gasteiger partial charge on any atom is 0.311 e. The first-order chi connectivity index (χ1) is 7.70. The van der Waals surface area contributed by atoms with Crippen molar-refractivity contribution in [3.05, 3.63) is 17.8 Å². The van der Waals surface area contributed by atoms with Crippen LogP contribution in [0.1, 0.15) is 37.5 Å². The van der Waals surface area contributed by atoms with Crippen LogP contribution in [0.4, 0.5) is 0 Å². The molecule has 16 heavy (non-hydrogen) atoms. The largest absolute Gasteiger partial charge is 0.481 e. The van der Waals surface area contributed by atoms with Crippen LogP contribution in [0.5, 0.6) is 0 Å². The highest BCUT2D eigenvalue weighted by atomic mass is 16.4. The van der Waals surface area contributed by atoms with Gasteiger partial charge in [0.05, 0.1) is 12.2 Å². The van der Waals surface area contributed by atoms with E-state index in [1.54, 1.807) is 0 Å². The summed E-state index contributed by atoms with van der Waals surface area (Å²) in [5, 5.41) is 8.64. The zero-order chi connectivity index (χ0) is 11.5. The Kier molecular flexibility index (Phi) is 3.24. The van der Waals surface area contributed by atoms with Crippen LogP contribution in [-0.2, 0) is 11.2 Å². The van der Waals surface area contributed by atoms with Gasteiger partial charge in [-0.25, -0.2) is 4.98 Å². The fraction of sp³-hybridized carbons (Fsp3) is 0.636. The Morgan fingerprint density at radius 3 is 3.25 bits per heavy atom. The number of carboxylic acid groups (broad SMARTS) is 1. The van der Waals surface area contributed by atoms with Gasteiger partial charge < -0.3 is 9.52 Å². The normalized spacial score (nSPS) is 21.4. The summed E-state index contributed by atoms with van der Waals surface area (Å²) < 4.78 is 5.48. The molecule has 0 bridgehead atoms. The van der Waals surface area contributed by atoms with Crippen LogP contribution in [0.2, 0.25) is 0 Å². The summed E-state index contributed by atoms with van der Waals surface area (Å²) in [7, 11) is 0. The molecule has 1 aromatic heterocycles. The number of hydrogen-bond donors (Lipinski definition) is 1. The third-order valence-electron chi connectivity index (χ3n) is 2.95. The SMILES string of the molecule is CCN1CCCC1c1ncc(CC(=O)O)o1. The van der Waals surface area contributed by atoms with Crippen molar-refractivity contribution >= 4 is 5.97 Å². The fourth-order valence-electron chi connectivity index (χ4n) is 2.19. The number of nitrogens with zero attached hydrogens (tertiary/aromatic N) is 2. The standard InChI is InChI=1S/C11H16N2O3/c1-2-13-5-3-4-9(13)11-12-7-8(16-11)6-10(14)15/h7,9H,2-6H2,1H3,(H,14,15). The average Bonchev–Trinajstić information content (AvgIpc) is 2.83. The van der Waals surface area contributed by atoms with E-state index in [0.29, 0.717) is 11.7 Å². The Morgan fingerprint density at radius 1 is 1.75 bits per heavy atom. The van der Waals surface area contributed by atoms with Crippen LogP contribution >= 0.6 is 0 Å². The number of carbonyl (C=O) groups is 1. The molecule has 1 saturated heterocycles. The molecule has 1 N–H and O–H groups in total. The molecule has 1 aliphatic rings. The molecule has 2 rings (SSSR count). The zero-order valence-corrected chi connectivity index (χ0v) is 9.35. The quantitative estimate of drug-likeness (QED) is 0.838. The topological polar surface area (TPSA) is 66.6 Å². The number of rotatable bonds is 4. The van der Waals surface area contributed by atoms with Gasteiger partial charge in [0.1, 0.15) is 12.2 Å². The molecule has 1 fully saturated rings. The molecule has 5 heteroatoms. The fourth-order valence-corrected chi connectivity index (χ4v) is 2.19. The minimum atomic E-state index is -0.888. The summed E-state index contributed by atoms with van der Waals surface area (Å²) in [5.41, 5.74) is 0. The molecule has 0 radical (unpaired) electrons. The lowest BCUT2D eigenvalue weighted by molar-refractivity contribution is -0.136. The van der Waals surface area contributed by atoms with Gasteiger partial charge in [0.15, 0.2) is 0 Å². The highest BCUT2D eigenvalue weighted by molar-refractivity contribution is 5.69. The molecule has 88 valence electrons. The molecular formula is C11H16N2O3. The van der Waals surface area contributed by atoms with Crippen LogP contribution in [0.3, 0.4) is 0 Å². The van der Waals surface area contributed by atoms with E-state index >= 15 is 0 Å². The molecule has 1 aliphatic heterocycles. The summed E-state index contributed by atoms with van der Waals surface area (Å²) in [6, 6.07) is 0.229. The number of likely N-dealkylation sites (tertiary alicyclic amines) is 1. The Bertz CT molecular complexity index is 375. The van der Waals surface area contributed by atoms with E-state index in [0.717, 1.165) is 25.9 Å². The van der Waals surface area contributed by atoms with Gasteiger partial charge in [-0.2, -0.15) is 0 Å². The van der Waals surface area contributed by atoms with Gasteiger partial charge in [-0.3, -0.25) is 9.69 Å². The molecule has 1 unspecified atom stereocenters. The van der Waals surface area contributed by atoms with E-state index in [-0.39, 0.29) is 12.5 Å². The summed E-state index contributed by atoms with van der Waals surface area (Å²) >= 11 is 0. The number of aromatic nitrogens is 1. The average molecular weight is 224 g/mol. The number of carboxylic acids is 1. The van der Waals surface area contributed by atoms with E-state index in [9.17, 15) is 4.79 Å². The Labute approximate surface area is 94.1 Å². The zero-order valence-electron chi connectivity index (χ0n) is 9.35. The van der Waals surface area contributed by atoms with Gasteiger partial charge in [0.25, 0.3) is 0 Å². The monoisotopic (exact) mass is 224 g/mol. The first kappa shape index (κ1) is 11.1. The van der Waals surface area contributed by atoms with Crippen LogP contribution in [0, 0.1) is 0 Å². The second-order valence-electron chi connectivity index (χ2n) is 4.02. The molecule has 0 aromatic carbocycles. The maximum absolute atomic E-state index is 10.5. The predicted octanol–water partition coefficient (Wildman–Crippen LogP) is 1.46. The van der Waals surface area contributed by atoms with Crippen molar-refractivity contribution in [1.29, 1.82) is 0 Å².